The van der Waals surface area contributed by atoms with Gasteiger partial charge in [0.1, 0.15) is 4.70 Å². The Labute approximate surface area is 79.9 Å². The molecule has 0 spiro atoms. The molecule has 0 aliphatic heterocycles. The average molecular weight is 186 g/mol. The van der Waals surface area contributed by atoms with Crippen LogP contribution in [0.1, 0.15) is 0 Å². The normalized spacial score (nSPS) is 11.1. The van der Waals surface area contributed by atoms with Gasteiger partial charge in [-0.3, -0.25) is 0 Å². The smallest absolute Gasteiger partial charge is 0.150 e. The van der Waals surface area contributed by atoms with E-state index in [0.29, 0.717) is 0 Å². The van der Waals surface area contributed by atoms with Crippen LogP contribution in [0.5, 0.6) is 0 Å². The predicted octanol–water partition coefficient (Wildman–Crippen LogP) is 2.64. The van der Waals surface area contributed by atoms with E-state index >= 15 is 0 Å². The molecule has 1 aromatic carbocycles. The molecule has 0 radical (unpaired) electrons. The quantitative estimate of drug-likeness (QED) is 0.475. The highest BCUT2D eigenvalue weighted by Gasteiger charge is 2.10. The van der Waals surface area contributed by atoms with Crippen LogP contribution in [0.15, 0.2) is 48.7 Å². The van der Waals surface area contributed by atoms with E-state index in [0.717, 1.165) is 0 Å². The molecule has 3 rings (SSSR count). The van der Waals surface area contributed by atoms with Crippen molar-refractivity contribution in [2.24, 2.45) is 0 Å². The molecule has 1 nitrogen and oxygen atoms in total. The summed E-state index contributed by atoms with van der Waals surface area (Å²) >= 11 is 1.82. The zero-order valence-electron chi connectivity index (χ0n) is 6.97. The Bertz CT molecular complexity index is 518. The van der Waals surface area contributed by atoms with E-state index in [1.165, 1.54) is 15.0 Å². The van der Waals surface area contributed by atoms with Gasteiger partial charge in [-0.25, -0.2) is 0 Å². The molecular weight excluding hydrogens is 178 g/mol. The summed E-state index contributed by atoms with van der Waals surface area (Å²) < 4.78 is 3.56. The van der Waals surface area contributed by atoms with Crippen molar-refractivity contribution in [3.8, 4) is 0 Å². The molecule has 0 unspecified atom stereocenters. The van der Waals surface area contributed by atoms with Crippen LogP contribution >= 0.6 is 11.3 Å². The molecule has 13 heavy (non-hydrogen) atoms. The topological polar surface area (TPSA) is 4.10 Å². The third kappa shape index (κ3) is 0.956. The Morgan fingerprint density at radius 1 is 0.923 bits per heavy atom. The van der Waals surface area contributed by atoms with Gasteiger partial charge in [-0.1, -0.05) is 23.5 Å². The number of hydrogen-bond acceptors (Lipinski definition) is 1. The monoisotopic (exact) mass is 186 g/mol. The zero-order valence-corrected chi connectivity index (χ0v) is 7.79. The molecule has 3 aromatic rings. The molecule has 0 atom stereocenters. The van der Waals surface area contributed by atoms with Crippen molar-refractivity contribution in [3.63, 3.8) is 0 Å². The van der Waals surface area contributed by atoms with Gasteiger partial charge < -0.3 is 0 Å². The van der Waals surface area contributed by atoms with E-state index in [2.05, 4.69) is 53.1 Å². The van der Waals surface area contributed by atoms with Crippen molar-refractivity contribution in [2.45, 2.75) is 0 Å². The van der Waals surface area contributed by atoms with Crippen LogP contribution in [-0.2, 0) is 0 Å². The second-order valence-electron chi connectivity index (χ2n) is 2.98. The third-order valence-electron chi connectivity index (χ3n) is 2.16. The van der Waals surface area contributed by atoms with Gasteiger partial charge in [0.2, 0.25) is 5.52 Å². The zero-order chi connectivity index (χ0) is 8.67. The highest BCUT2D eigenvalue weighted by molar-refractivity contribution is 7.23. The highest BCUT2D eigenvalue weighted by atomic mass is 32.1. The summed E-state index contributed by atoms with van der Waals surface area (Å²) in [6, 6.07) is 14.8. The first-order chi connectivity index (χ1) is 6.45. The molecule has 0 aliphatic carbocycles. The van der Waals surface area contributed by atoms with E-state index in [1.54, 1.807) is 0 Å². The Hall–Kier alpha value is -1.41. The van der Waals surface area contributed by atoms with E-state index in [4.69, 9.17) is 0 Å². The lowest BCUT2D eigenvalue weighted by molar-refractivity contribution is -0.477. The third-order valence-corrected chi connectivity index (χ3v) is 3.27. The molecular formula is C11H8NS+. The fourth-order valence-corrected chi connectivity index (χ4v) is 2.61. The van der Waals surface area contributed by atoms with Crippen molar-refractivity contribution in [3.05, 3.63) is 48.7 Å². The highest BCUT2D eigenvalue weighted by Crippen LogP contribution is 2.19. The Morgan fingerprint density at radius 2 is 1.77 bits per heavy atom. The Morgan fingerprint density at radius 3 is 2.77 bits per heavy atom. The first-order valence-corrected chi connectivity index (χ1v) is 5.05. The molecule has 62 valence electrons. The standard InChI is InChI=1S/C11H8NS/c1-2-6-10-9(5-1)12-8-4-3-7-11(12)13-10/h1-8H/q+1. The van der Waals surface area contributed by atoms with Gasteiger partial charge in [0.15, 0.2) is 6.20 Å². The van der Waals surface area contributed by atoms with Crippen LogP contribution in [0.3, 0.4) is 0 Å². The van der Waals surface area contributed by atoms with Crippen LogP contribution in [-0.4, -0.2) is 0 Å². The predicted molar refractivity (Wildman–Crippen MR) is 55.0 cm³/mol. The fourth-order valence-electron chi connectivity index (χ4n) is 1.56. The lowest BCUT2D eigenvalue weighted by atomic mass is 10.3. The van der Waals surface area contributed by atoms with E-state index in [1.807, 2.05) is 11.3 Å². The molecule has 0 amide bonds. The first-order valence-electron chi connectivity index (χ1n) is 4.23. The van der Waals surface area contributed by atoms with Crippen LogP contribution in [0.25, 0.3) is 15.0 Å². The lowest BCUT2D eigenvalue weighted by Gasteiger charge is -1.81. The maximum Gasteiger partial charge on any atom is 0.268 e. The lowest BCUT2D eigenvalue weighted by Crippen LogP contribution is -2.17. The molecule has 2 aromatic heterocycles. The molecule has 0 N–H and O–H groups in total. The number of fused-ring (bicyclic) bond motifs is 3. The minimum Gasteiger partial charge on any atom is -0.150 e. The van der Waals surface area contributed by atoms with Crippen molar-refractivity contribution in [1.82, 2.24) is 0 Å². The number of hydrogen-bond donors (Lipinski definition) is 0. The summed E-state index contributed by atoms with van der Waals surface area (Å²) in [6.07, 6.45) is 2.11. The molecule has 2 heterocycles. The van der Waals surface area contributed by atoms with Crippen LogP contribution < -0.4 is 4.40 Å². The van der Waals surface area contributed by atoms with Gasteiger partial charge in [0, 0.05) is 18.2 Å². The van der Waals surface area contributed by atoms with Gasteiger partial charge in [0.25, 0.3) is 4.83 Å². The largest absolute Gasteiger partial charge is 0.268 e. The molecule has 0 aliphatic rings. The van der Waals surface area contributed by atoms with Gasteiger partial charge in [-0.15, -0.1) is 0 Å². The summed E-state index contributed by atoms with van der Waals surface area (Å²) in [7, 11) is 0. The minimum absolute atomic E-state index is 1.29. The number of nitrogens with zero attached hydrogens (tertiary/aromatic N) is 1. The SMILES string of the molecule is c1ccc2c(c1)sc1cccc[n+]12. The average Bonchev–Trinajstić information content (AvgIpc) is 2.56. The summed E-state index contributed by atoms with van der Waals surface area (Å²) in [5.74, 6) is 0. The number of aromatic nitrogens is 1. The van der Waals surface area contributed by atoms with E-state index in [9.17, 15) is 0 Å². The maximum absolute atomic E-state index is 2.22. The number of rotatable bonds is 0. The van der Waals surface area contributed by atoms with Crippen molar-refractivity contribution >= 4 is 26.4 Å². The number of para-hydroxylation sites is 1. The summed E-state index contributed by atoms with van der Waals surface area (Å²) in [5.41, 5.74) is 1.29. The molecule has 0 saturated carbocycles. The Kier molecular flexibility index (Phi) is 1.37. The second kappa shape index (κ2) is 2.54. The van der Waals surface area contributed by atoms with Gasteiger partial charge in [-0.05, 0) is 12.1 Å². The van der Waals surface area contributed by atoms with Crippen LogP contribution in [0.2, 0.25) is 0 Å². The molecule has 0 saturated heterocycles. The second-order valence-corrected chi connectivity index (χ2v) is 4.04. The van der Waals surface area contributed by atoms with Gasteiger partial charge >= 0.3 is 0 Å². The first kappa shape index (κ1) is 7.04. The maximum atomic E-state index is 2.22. The van der Waals surface area contributed by atoms with Crippen LogP contribution in [0.4, 0.5) is 0 Å². The van der Waals surface area contributed by atoms with Crippen molar-refractivity contribution in [2.75, 3.05) is 0 Å². The van der Waals surface area contributed by atoms with Gasteiger partial charge in [0.05, 0.1) is 0 Å². The number of thiazole rings is 1. The summed E-state index contributed by atoms with van der Waals surface area (Å²) in [4.78, 5) is 1.30. The molecule has 2 heteroatoms. The Balaban J connectivity index is 2.64. The van der Waals surface area contributed by atoms with Crippen molar-refractivity contribution in [1.29, 1.82) is 0 Å². The van der Waals surface area contributed by atoms with E-state index in [-0.39, 0.29) is 0 Å². The number of pyridine rings is 1. The van der Waals surface area contributed by atoms with Crippen molar-refractivity contribution < 1.29 is 4.40 Å². The fraction of sp³-hybridized carbons (Fsp3) is 0. The van der Waals surface area contributed by atoms with E-state index < -0.39 is 0 Å². The minimum atomic E-state index is 1.29. The molecule has 0 bridgehead atoms. The van der Waals surface area contributed by atoms with Crippen LogP contribution in [0, 0.1) is 0 Å². The number of benzene rings is 1. The molecule has 0 fully saturated rings. The summed E-state index contributed by atoms with van der Waals surface area (Å²) in [6.45, 7) is 0. The van der Waals surface area contributed by atoms with Gasteiger partial charge in [-0.2, -0.15) is 4.40 Å². The summed E-state index contributed by atoms with van der Waals surface area (Å²) in [5, 5.41) is 0.